The normalized spacial score (nSPS) is 10.9. The molecule has 0 fully saturated rings. The molecule has 1 heterocycles. The number of ether oxygens (including phenoxy) is 1. The zero-order valence-corrected chi connectivity index (χ0v) is 11.2. The molecule has 0 saturated carbocycles. The first-order chi connectivity index (χ1) is 8.72. The van der Waals surface area contributed by atoms with Crippen LogP contribution in [0.25, 0.3) is 11.3 Å². The second-order valence-electron chi connectivity index (χ2n) is 4.73. The van der Waals surface area contributed by atoms with Crippen LogP contribution in [0.3, 0.4) is 0 Å². The average Bonchev–Trinajstić information content (AvgIpc) is 2.89. The Morgan fingerprint density at radius 3 is 2.72 bits per heavy atom. The summed E-state index contributed by atoms with van der Waals surface area (Å²) >= 11 is 0. The summed E-state index contributed by atoms with van der Waals surface area (Å²) < 4.78 is 5.85. The summed E-state index contributed by atoms with van der Waals surface area (Å²) in [4.78, 5) is 0. The minimum absolute atomic E-state index is 0.504. The van der Waals surface area contributed by atoms with Gasteiger partial charge in [-0.05, 0) is 36.1 Å². The van der Waals surface area contributed by atoms with E-state index >= 15 is 0 Å². The lowest BCUT2D eigenvalue weighted by Crippen LogP contribution is -1.99. The number of H-pyrrole nitrogens is 1. The second-order valence-corrected chi connectivity index (χ2v) is 4.73. The molecule has 1 N–H and O–H groups in total. The molecule has 0 amide bonds. The highest BCUT2D eigenvalue weighted by Crippen LogP contribution is 2.31. The van der Waals surface area contributed by atoms with Crippen LogP contribution >= 0.6 is 0 Å². The highest BCUT2D eigenvalue weighted by atomic mass is 16.5. The molecule has 3 heteroatoms. The molecule has 0 aliphatic carbocycles. The van der Waals surface area contributed by atoms with Crippen LogP contribution in [-0.4, -0.2) is 16.8 Å². The topological polar surface area (TPSA) is 37.9 Å². The molecule has 0 aliphatic heterocycles. The van der Waals surface area contributed by atoms with Crippen LogP contribution in [0, 0.1) is 0 Å². The van der Waals surface area contributed by atoms with E-state index in [-0.39, 0.29) is 0 Å². The molecule has 2 rings (SSSR count). The number of hydrogen-bond donors (Lipinski definition) is 1. The van der Waals surface area contributed by atoms with Crippen molar-refractivity contribution in [2.45, 2.75) is 33.1 Å². The van der Waals surface area contributed by atoms with Crippen molar-refractivity contribution in [3.63, 3.8) is 0 Å². The highest BCUT2D eigenvalue weighted by Gasteiger charge is 2.10. The molecule has 96 valence electrons. The van der Waals surface area contributed by atoms with Crippen LogP contribution in [0.1, 0.15) is 38.7 Å². The fourth-order valence-corrected chi connectivity index (χ4v) is 1.86. The number of aromatic amines is 1. The first-order valence-electron chi connectivity index (χ1n) is 6.49. The van der Waals surface area contributed by atoms with E-state index in [4.69, 9.17) is 4.74 Å². The van der Waals surface area contributed by atoms with Gasteiger partial charge in [-0.15, -0.1) is 0 Å². The molecular weight excluding hydrogens is 224 g/mol. The van der Waals surface area contributed by atoms with Gasteiger partial charge in [0.2, 0.25) is 0 Å². The van der Waals surface area contributed by atoms with Crippen LogP contribution < -0.4 is 4.74 Å². The van der Waals surface area contributed by atoms with Crippen molar-refractivity contribution in [1.29, 1.82) is 0 Å². The molecule has 1 aromatic heterocycles. The minimum atomic E-state index is 0.504. The average molecular weight is 244 g/mol. The number of rotatable bonds is 5. The largest absolute Gasteiger partial charge is 0.493 e. The smallest absolute Gasteiger partial charge is 0.128 e. The van der Waals surface area contributed by atoms with Crippen molar-refractivity contribution in [1.82, 2.24) is 10.2 Å². The van der Waals surface area contributed by atoms with Gasteiger partial charge in [-0.1, -0.05) is 26.8 Å². The van der Waals surface area contributed by atoms with Crippen molar-refractivity contribution < 1.29 is 4.74 Å². The summed E-state index contributed by atoms with van der Waals surface area (Å²) in [7, 11) is 0. The maximum Gasteiger partial charge on any atom is 0.128 e. The Morgan fingerprint density at radius 2 is 2.11 bits per heavy atom. The van der Waals surface area contributed by atoms with Crippen LogP contribution in [0.15, 0.2) is 30.5 Å². The molecule has 0 unspecified atom stereocenters. The standard InChI is InChI=1S/C15H20N2O/c1-4-9-18-15-10-12(11(2)3)5-6-13(15)14-7-8-16-17-14/h5-8,10-11H,4,9H2,1-3H3,(H,16,17). The molecule has 0 bridgehead atoms. The Balaban J connectivity index is 2.38. The van der Waals surface area contributed by atoms with Gasteiger partial charge >= 0.3 is 0 Å². The zero-order chi connectivity index (χ0) is 13.0. The number of benzene rings is 1. The summed E-state index contributed by atoms with van der Waals surface area (Å²) in [6.07, 6.45) is 2.77. The van der Waals surface area contributed by atoms with Crippen molar-refractivity contribution in [3.8, 4) is 17.0 Å². The first kappa shape index (κ1) is 12.7. The summed E-state index contributed by atoms with van der Waals surface area (Å²) in [5.41, 5.74) is 3.37. The zero-order valence-electron chi connectivity index (χ0n) is 11.2. The van der Waals surface area contributed by atoms with Crippen molar-refractivity contribution in [2.75, 3.05) is 6.61 Å². The van der Waals surface area contributed by atoms with Gasteiger partial charge in [0.1, 0.15) is 5.75 Å². The van der Waals surface area contributed by atoms with E-state index in [0.29, 0.717) is 5.92 Å². The van der Waals surface area contributed by atoms with Gasteiger partial charge < -0.3 is 4.74 Å². The lowest BCUT2D eigenvalue weighted by Gasteiger charge is -2.13. The van der Waals surface area contributed by atoms with Crippen molar-refractivity contribution in [2.24, 2.45) is 0 Å². The number of aromatic nitrogens is 2. The monoisotopic (exact) mass is 244 g/mol. The maximum absolute atomic E-state index is 5.85. The van der Waals surface area contributed by atoms with Gasteiger partial charge in [0, 0.05) is 11.8 Å². The molecule has 0 radical (unpaired) electrons. The van der Waals surface area contributed by atoms with Crippen molar-refractivity contribution >= 4 is 0 Å². The van der Waals surface area contributed by atoms with E-state index in [0.717, 1.165) is 30.0 Å². The van der Waals surface area contributed by atoms with Gasteiger partial charge in [-0.3, -0.25) is 5.10 Å². The van der Waals surface area contributed by atoms with Gasteiger partial charge in [0.05, 0.1) is 12.3 Å². The van der Waals surface area contributed by atoms with E-state index in [1.165, 1.54) is 5.56 Å². The lowest BCUT2D eigenvalue weighted by molar-refractivity contribution is 0.318. The summed E-state index contributed by atoms with van der Waals surface area (Å²) in [6.45, 7) is 7.23. The van der Waals surface area contributed by atoms with Gasteiger partial charge in [0.15, 0.2) is 0 Å². The third-order valence-electron chi connectivity index (χ3n) is 2.92. The Hall–Kier alpha value is -1.77. The predicted octanol–water partition coefficient (Wildman–Crippen LogP) is 3.99. The fraction of sp³-hybridized carbons (Fsp3) is 0.400. The molecule has 0 aliphatic rings. The molecule has 0 spiro atoms. The summed E-state index contributed by atoms with van der Waals surface area (Å²) in [5.74, 6) is 1.44. The molecule has 2 aromatic rings. The van der Waals surface area contributed by atoms with E-state index in [9.17, 15) is 0 Å². The SMILES string of the molecule is CCCOc1cc(C(C)C)ccc1-c1ccn[nH]1. The Morgan fingerprint density at radius 1 is 1.28 bits per heavy atom. The molecule has 3 nitrogen and oxygen atoms in total. The molecular formula is C15H20N2O. The molecule has 0 saturated heterocycles. The van der Waals surface area contributed by atoms with E-state index < -0.39 is 0 Å². The Labute approximate surface area is 108 Å². The quantitative estimate of drug-likeness (QED) is 0.863. The third kappa shape index (κ3) is 2.73. The van der Waals surface area contributed by atoms with Crippen LogP contribution in [0.2, 0.25) is 0 Å². The molecule has 18 heavy (non-hydrogen) atoms. The summed E-state index contributed by atoms with van der Waals surface area (Å²) in [6, 6.07) is 8.35. The van der Waals surface area contributed by atoms with E-state index in [2.05, 4.69) is 49.2 Å². The van der Waals surface area contributed by atoms with Gasteiger partial charge in [-0.25, -0.2) is 0 Å². The van der Waals surface area contributed by atoms with Gasteiger partial charge in [-0.2, -0.15) is 5.10 Å². The summed E-state index contributed by atoms with van der Waals surface area (Å²) in [5, 5.41) is 6.99. The Bertz CT molecular complexity index is 489. The van der Waals surface area contributed by atoms with E-state index in [1.54, 1.807) is 6.20 Å². The lowest BCUT2D eigenvalue weighted by atomic mass is 10.00. The van der Waals surface area contributed by atoms with Crippen LogP contribution in [0.4, 0.5) is 0 Å². The van der Waals surface area contributed by atoms with Crippen LogP contribution in [-0.2, 0) is 0 Å². The van der Waals surface area contributed by atoms with Crippen molar-refractivity contribution in [3.05, 3.63) is 36.0 Å². The Kier molecular flexibility index (Phi) is 4.03. The maximum atomic E-state index is 5.85. The molecule has 1 aromatic carbocycles. The van der Waals surface area contributed by atoms with E-state index in [1.807, 2.05) is 6.07 Å². The minimum Gasteiger partial charge on any atom is -0.493 e. The number of nitrogens with one attached hydrogen (secondary N) is 1. The predicted molar refractivity (Wildman–Crippen MR) is 73.9 cm³/mol. The first-order valence-corrected chi connectivity index (χ1v) is 6.49. The van der Waals surface area contributed by atoms with Crippen LogP contribution in [0.5, 0.6) is 5.75 Å². The molecule has 0 atom stereocenters. The fourth-order valence-electron chi connectivity index (χ4n) is 1.86. The second kappa shape index (κ2) is 5.71. The number of hydrogen-bond acceptors (Lipinski definition) is 2. The third-order valence-corrected chi connectivity index (χ3v) is 2.92. The van der Waals surface area contributed by atoms with Gasteiger partial charge in [0.25, 0.3) is 0 Å². The highest BCUT2D eigenvalue weighted by molar-refractivity contribution is 5.67. The number of nitrogens with zero attached hydrogens (tertiary/aromatic N) is 1.